The van der Waals surface area contributed by atoms with Crippen molar-refractivity contribution in [1.82, 2.24) is 10.3 Å². The third kappa shape index (κ3) is 2.27. The quantitative estimate of drug-likeness (QED) is 0.888. The minimum atomic E-state index is 0.646. The van der Waals surface area contributed by atoms with Gasteiger partial charge in [0.1, 0.15) is 0 Å². The fraction of sp³-hybridized carbons (Fsp3) is 0.786. The van der Waals surface area contributed by atoms with E-state index in [-0.39, 0.29) is 0 Å². The maximum atomic E-state index is 4.68. The van der Waals surface area contributed by atoms with E-state index in [1.165, 1.54) is 34.8 Å². The van der Waals surface area contributed by atoms with Crippen LogP contribution in [0.25, 0.3) is 0 Å². The van der Waals surface area contributed by atoms with Gasteiger partial charge < -0.3 is 5.32 Å². The summed E-state index contributed by atoms with van der Waals surface area (Å²) in [6.45, 7) is 4.30. The van der Waals surface area contributed by atoms with E-state index >= 15 is 0 Å². The number of hydrogen-bond donors (Lipinski definition) is 1. The molecule has 0 spiro atoms. The number of aromatic nitrogens is 1. The Morgan fingerprint density at radius 2 is 2.00 bits per heavy atom. The van der Waals surface area contributed by atoms with Crippen molar-refractivity contribution in [3.8, 4) is 0 Å². The minimum Gasteiger partial charge on any atom is -0.316 e. The van der Waals surface area contributed by atoms with Crippen LogP contribution in [0.15, 0.2) is 0 Å². The Morgan fingerprint density at radius 1 is 1.29 bits per heavy atom. The van der Waals surface area contributed by atoms with Crippen molar-refractivity contribution in [3.05, 3.63) is 15.6 Å². The largest absolute Gasteiger partial charge is 0.316 e. The second-order valence-electron chi connectivity index (χ2n) is 5.84. The zero-order chi connectivity index (χ0) is 12.0. The van der Waals surface area contributed by atoms with E-state index in [9.17, 15) is 0 Å². The van der Waals surface area contributed by atoms with E-state index < -0.39 is 0 Å². The molecule has 0 saturated heterocycles. The molecule has 1 N–H and O–H groups in total. The first-order valence-corrected chi connectivity index (χ1v) is 7.59. The van der Waals surface area contributed by atoms with E-state index in [1.807, 2.05) is 11.3 Å². The van der Waals surface area contributed by atoms with Gasteiger partial charge in [-0.15, -0.1) is 11.3 Å². The molecule has 2 fully saturated rings. The molecule has 2 aliphatic rings. The summed E-state index contributed by atoms with van der Waals surface area (Å²) in [7, 11) is 2.11. The lowest BCUT2D eigenvalue weighted by Crippen LogP contribution is -2.35. The van der Waals surface area contributed by atoms with Crippen LogP contribution >= 0.6 is 11.3 Å². The molecule has 3 rings (SSSR count). The molecule has 2 aliphatic carbocycles. The van der Waals surface area contributed by atoms with Crippen LogP contribution in [0.4, 0.5) is 0 Å². The molecule has 3 unspecified atom stereocenters. The number of aryl methyl sites for hydroxylation is 2. The van der Waals surface area contributed by atoms with Gasteiger partial charge in [0.05, 0.1) is 10.7 Å². The second kappa shape index (κ2) is 4.36. The molecule has 1 aromatic heterocycles. The van der Waals surface area contributed by atoms with Crippen LogP contribution in [0.2, 0.25) is 0 Å². The standard InChI is InChI=1S/C14H22N2S/c1-8-9(2)17-14(16-8)7-13(15-3)12-5-10-4-11(10)6-12/h10-13,15H,4-7H2,1-3H3. The predicted octanol–water partition coefficient (Wildman–Crippen LogP) is 2.94. The molecule has 3 heteroatoms. The zero-order valence-corrected chi connectivity index (χ0v) is 11.8. The van der Waals surface area contributed by atoms with E-state index in [1.54, 1.807) is 0 Å². The lowest BCUT2D eigenvalue weighted by Gasteiger charge is -2.23. The van der Waals surface area contributed by atoms with E-state index in [4.69, 9.17) is 0 Å². The van der Waals surface area contributed by atoms with E-state index in [0.717, 1.165) is 24.2 Å². The molecule has 1 heterocycles. The number of nitrogens with one attached hydrogen (secondary N) is 1. The van der Waals surface area contributed by atoms with Gasteiger partial charge >= 0.3 is 0 Å². The monoisotopic (exact) mass is 250 g/mol. The highest BCUT2D eigenvalue weighted by atomic mass is 32.1. The first-order valence-electron chi connectivity index (χ1n) is 6.77. The van der Waals surface area contributed by atoms with Crippen LogP contribution in [-0.4, -0.2) is 18.1 Å². The third-order valence-corrected chi connectivity index (χ3v) is 5.78. The molecule has 2 saturated carbocycles. The first kappa shape index (κ1) is 11.7. The van der Waals surface area contributed by atoms with Crippen molar-refractivity contribution >= 4 is 11.3 Å². The maximum Gasteiger partial charge on any atom is 0.0946 e. The number of fused-ring (bicyclic) bond motifs is 1. The van der Waals surface area contributed by atoms with Gasteiger partial charge in [0.25, 0.3) is 0 Å². The zero-order valence-electron chi connectivity index (χ0n) is 11.0. The Bertz CT molecular complexity index is 383. The fourth-order valence-corrected chi connectivity index (χ4v) is 4.40. The maximum absolute atomic E-state index is 4.68. The van der Waals surface area contributed by atoms with Gasteiger partial charge in [-0.2, -0.15) is 0 Å². The van der Waals surface area contributed by atoms with E-state index in [0.29, 0.717) is 6.04 Å². The summed E-state index contributed by atoms with van der Waals surface area (Å²) in [4.78, 5) is 6.06. The molecule has 0 radical (unpaired) electrons. The summed E-state index contributed by atoms with van der Waals surface area (Å²) >= 11 is 1.88. The van der Waals surface area contributed by atoms with Crippen molar-refractivity contribution < 1.29 is 0 Å². The third-order valence-electron chi connectivity index (χ3n) is 4.69. The molecule has 0 aromatic carbocycles. The SMILES string of the molecule is CNC(Cc1nc(C)c(C)s1)C1CC2CC2C1. The van der Waals surface area contributed by atoms with Crippen molar-refractivity contribution in [2.45, 2.75) is 45.6 Å². The number of likely N-dealkylation sites (N-methyl/N-ethyl adjacent to an activating group) is 1. The van der Waals surface area contributed by atoms with Crippen molar-refractivity contribution in [2.75, 3.05) is 7.05 Å². The highest BCUT2D eigenvalue weighted by Crippen LogP contribution is 2.55. The molecule has 3 atom stereocenters. The van der Waals surface area contributed by atoms with E-state index in [2.05, 4.69) is 31.2 Å². The topological polar surface area (TPSA) is 24.9 Å². The van der Waals surface area contributed by atoms with Gasteiger partial charge in [0.15, 0.2) is 0 Å². The van der Waals surface area contributed by atoms with Gasteiger partial charge in [0.2, 0.25) is 0 Å². The van der Waals surface area contributed by atoms with Crippen LogP contribution in [0, 0.1) is 31.6 Å². The van der Waals surface area contributed by atoms with Gasteiger partial charge in [-0.25, -0.2) is 4.98 Å². The molecule has 0 bridgehead atoms. The van der Waals surface area contributed by atoms with Crippen LogP contribution in [0.3, 0.4) is 0 Å². The lowest BCUT2D eigenvalue weighted by atomic mass is 9.92. The van der Waals surface area contributed by atoms with Gasteiger partial charge in [-0.1, -0.05) is 0 Å². The first-order chi connectivity index (χ1) is 8.17. The Morgan fingerprint density at radius 3 is 2.53 bits per heavy atom. The highest BCUT2D eigenvalue weighted by Gasteiger charge is 2.47. The second-order valence-corrected chi connectivity index (χ2v) is 7.12. The van der Waals surface area contributed by atoms with Crippen molar-refractivity contribution in [3.63, 3.8) is 0 Å². The summed E-state index contributed by atoms with van der Waals surface area (Å²) in [6.07, 6.45) is 5.56. The predicted molar refractivity (Wildman–Crippen MR) is 72.5 cm³/mol. The Labute approximate surface area is 108 Å². The molecule has 94 valence electrons. The molecule has 0 amide bonds. The molecular formula is C14H22N2S. The molecule has 2 nitrogen and oxygen atoms in total. The molecule has 1 aromatic rings. The van der Waals surface area contributed by atoms with Gasteiger partial charge in [-0.05, 0) is 57.9 Å². The Balaban J connectivity index is 1.65. The average Bonchev–Trinajstić information content (AvgIpc) is 2.77. The van der Waals surface area contributed by atoms with Gasteiger partial charge in [0, 0.05) is 17.3 Å². The minimum absolute atomic E-state index is 0.646. The van der Waals surface area contributed by atoms with Crippen LogP contribution in [0.5, 0.6) is 0 Å². The smallest absolute Gasteiger partial charge is 0.0946 e. The number of rotatable bonds is 4. The Kier molecular flexibility index (Phi) is 2.99. The summed E-state index contributed by atoms with van der Waals surface area (Å²) in [5.74, 6) is 3.06. The number of thiazole rings is 1. The van der Waals surface area contributed by atoms with Gasteiger partial charge in [-0.3, -0.25) is 0 Å². The molecule has 0 aliphatic heterocycles. The van der Waals surface area contributed by atoms with Crippen LogP contribution in [0.1, 0.15) is 34.8 Å². The molecule has 17 heavy (non-hydrogen) atoms. The average molecular weight is 250 g/mol. The summed E-state index contributed by atoms with van der Waals surface area (Å²) in [6, 6.07) is 0.646. The summed E-state index contributed by atoms with van der Waals surface area (Å²) < 4.78 is 0. The number of hydrogen-bond acceptors (Lipinski definition) is 3. The fourth-order valence-electron chi connectivity index (χ4n) is 3.41. The van der Waals surface area contributed by atoms with Crippen molar-refractivity contribution in [1.29, 1.82) is 0 Å². The molecular weight excluding hydrogens is 228 g/mol. The summed E-state index contributed by atoms with van der Waals surface area (Å²) in [5, 5.41) is 4.85. The lowest BCUT2D eigenvalue weighted by molar-refractivity contribution is 0.349. The Hall–Kier alpha value is -0.410. The number of nitrogens with zero attached hydrogens (tertiary/aromatic N) is 1. The van der Waals surface area contributed by atoms with Crippen LogP contribution < -0.4 is 5.32 Å². The van der Waals surface area contributed by atoms with Crippen LogP contribution in [-0.2, 0) is 6.42 Å². The highest BCUT2D eigenvalue weighted by molar-refractivity contribution is 7.11. The normalized spacial score (nSPS) is 32.5. The summed E-state index contributed by atoms with van der Waals surface area (Å²) in [5.41, 5.74) is 1.22. The van der Waals surface area contributed by atoms with Crippen molar-refractivity contribution in [2.24, 2.45) is 17.8 Å².